The summed E-state index contributed by atoms with van der Waals surface area (Å²) in [5, 5.41) is 12.2. The number of aromatic nitrogens is 1. The van der Waals surface area contributed by atoms with Crippen LogP contribution in [0.5, 0.6) is 0 Å². The van der Waals surface area contributed by atoms with Crippen LogP contribution < -0.4 is 5.32 Å². The Bertz CT molecular complexity index is 264. The summed E-state index contributed by atoms with van der Waals surface area (Å²) in [5.41, 5.74) is 1.25. The van der Waals surface area contributed by atoms with Gasteiger partial charge in [-0.05, 0) is 43.5 Å². The summed E-state index contributed by atoms with van der Waals surface area (Å²) in [4.78, 5) is 3.99. The third-order valence-corrected chi connectivity index (χ3v) is 2.60. The lowest BCUT2D eigenvalue weighted by Gasteiger charge is -2.17. The molecule has 0 aliphatic rings. The van der Waals surface area contributed by atoms with Gasteiger partial charge in [0, 0.05) is 25.0 Å². The molecule has 2 N–H and O–H groups in total. The minimum absolute atomic E-state index is 0.270. The van der Waals surface area contributed by atoms with Crippen LogP contribution in [0.3, 0.4) is 0 Å². The van der Waals surface area contributed by atoms with Crippen LogP contribution in [-0.4, -0.2) is 23.2 Å². The highest BCUT2D eigenvalue weighted by molar-refractivity contribution is 5.13. The van der Waals surface area contributed by atoms with Crippen molar-refractivity contribution in [3.63, 3.8) is 0 Å². The monoisotopic (exact) mass is 208 g/mol. The van der Waals surface area contributed by atoms with E-state index in [9.17, 15) is 0 Å². The SMILES string of the molecule is CC(CCO)CNC(C)c1ccncc1. The highest BCUT2D eigenvalue weighted by Gasteiger charge is 2.06. The summed E-state index contributed by atoms with van der Waals surface area (Å²) in [6, 6.07) is 4.39. The second-order valence-corrected chi connectivity index (χ2v) is 4.03. The number of hydrogen-bond acceptors (Lipinski definition) is 3. The van der Waals surface area contributed by atoms with Gasteiger partial charge in [-0.1, -0.05) is 6.92 Å². The zero-order valence-corrected chi connectivity index (χ0v) is 9.48. The van der Waals surface area contributed by atoms with Crippen molar-refractivity contribution in [3.8, 4) is 0 Å². The van der Waals surface area contributed by atoms with Crippen molar-refractivity contribution >= 4 is 0 Å². The molecule has 0 aromatic carbocycles. The van der Waals surface area contributed by atoms with E-state index in [1.807, 2.05) is 24.5 Å². The molecule has 84 valence electrons. The predicted octanol–water partition coefficient (Wildman–Crippen LogP) is 1.75. The number of hydrogen-bond donors (Lipinski definition) is 2. The van der Waals surface area contributed by atoms with Crippen molar-refractivity contribution in [2.24, 2.45) is 5.92 Å². The number of rotatable bonds is 6. The van der Waals surface area contributed by atoms with Crippen LogP contribution in [0.4, 0.5) is 0 Å². The second-order valence-electron chi connectivity index (χ2n) is 4.03. The van der Waals surface area contributed by atoms with Crippen LogP contribution in [0, 0.1) is 5.92 Å². The second kappa shape index (κ2) is 6.53. The largest absolute Gasteiger partial charge is 0.396 e. The highest BCUT2D eigenvalue weighted by Crippen LogP contribution is 2.11. The average molecular weight is 208 g/mol. The zero-order chi connectivity index (χ0) is 11.1. The molecule has 0 spiro atoms. The predicted molar refractivity (Wildman–Crippen MR) is 61.5 cm³/mol. The standard InChI is InChI=1S/C12H20N2O/c1-10(5-8-15)9-14-11(2)12-3-6-13-7-4-12/h3-4,6-7,10-11,14-15H,5,8-9H2,1-2H3. The van der Waals surface area contributed by atoms with Crippen LogP contribution in [0.25, 0.3) is 0 Å². The van der Waals surface area contributed by atoms with E-state index in [-0.39, 0.29) is 6.61 Å². The van der Waals surface area contributed by atoms with Gasteiger partial charge >= 0.3 is 0 Å². The Morgan fingerprint density at radius 2 is 2.00 bits per heavy atom. The van der Waals surface area contributed by atoms with E-state index in [0.29, 0.717) is 12.0 Å². The molecule has 0 radical (unpaired) electrons. The van der Waals surface area contributed by atoms with Crippen molar-refractivity contribution < 1.29 is 5.11 Å². The van der Waals surface area contributed by atoms with Gasteiger partial charge in [0.1, 0.15) is 0 Å². The van der Waals surface area contributed by atoms with Gasteiger partial charge in [0.25, 0.3) is 0 Å². The van der Waals surface area contributed by atoms with E-state index < -0.39 is 0 Å². The summed E-state index contributed by atoms with van der Waals surface area (Å²) in [5.74, 6) is 0.513. The summed E-state index contributed by atoms with van der Waals surface area (Å²) in [6.07, 6.45) is 4.48. The average Bonchev–Trinajstić information content (AvgIpc) is 2.27. The van der Waals surface area contributed by atoms with Crippen molar-refractivity contribution in [2.75, 3.05) is 13.2 Å². The minimum atomic E-state index is 0.270. The van der Waals surface area contributed by atoms with Crippen molar-refractivity contribution in [1.82, 2.24) is 10.3 Å². The number of aliphatic hydroxyl groups excluding tert-OH is 1. The van der Waals surface area contributed by atoms with E-state index in [1.165, 1.54) is 5.56 Å². The molecule has 0 aliphatic heterocycles. The molecule has 0 saturated carbocycles. The van der Waals surface area contributed by atoms with Crippen molar-refractivity contribution in [1.29, 1.82) is 0 Å². The zero-order valence-electron chi connectivity index (χ0n) is 9.48. The molecule has 1 aromatic heterocycles. The lowest BCUT2D eigenvalue weighted by Crippen LogP contribution is -2.24. The number of nitrogens with zero attached hydrogens (tertiary/aromatic N) is 1. The van der Waals surface area contributed by atoms with Crippen molar-refractivity contribution in [2.45, 2.75) is 26.3 Å². The topological polar surface area (TPSA) is 45.1 Å². The summed E-state index contributed by atoms with van der Waals surface area (Å²) < 4.78 is 0. The minimum Gasteiger partial charge on any atom is -0.396 e. The number of nitrogens with one attached hydrogen (secondary N) is 1. The molecule has 3 nitrogen and oxygen atoms in total. The lowest BCUT2D eigenvalue weighted by atomic mass is 10.1. The molecular formula is C12H20N2O. The molecule has 1 heterocycles. The van der Waals surface area contributed by atoms with Crippen LogP contribution in [0.1, 0.15) is 31.9 Å². The fourth-order valence-electron chi connectivity index (χ4n) is 1.47. The number of aliphatic hydroxyl groups is 1. The van der Waals surface area contributed by atoms with Gasteiger partial charge in [-0.25, -0.2) is 0 Å². The third-order valence-electron chi connectivity index (χ3n) is 2.60. The van der Waals surface area contributed by atoms with Gasteiger partial charge in [0.15, 0.2) is 0 Å². The fourth-order valence-corrected chi connectivity index (χ4v) is 1.47. The molecule has 0 saturated heterocycles. The lowest BCUT2D eigenvalue weighted by molar-refractivity contribution is 0.258. The Labute approximate surface area is 91.5 Å². The molecule has 1 rings (SSSR count). The molecule has 2 unspecified atom stereocenters. The van der Waals surface area contributed by atoms with Crippen molar-refractivity contribution in [3.05, 3.63) is 30.1 Å². The van der Waals surface area contributed by atoms with Crippen LogP contribution in [0.2, 0.25) is 0 Å². The number of pyridine rings is 1. The van der Waals surface area contributed by atoms with Crippen LogP contribution >= 0.6 is 0 Å². The Balaban J connectivity index is 2.33. The first-order valence-corrected chi connectivity index (χ1v) is 5.48. The normalized spacial score (nSPS) is 14.9. The third kappa shape index (κ3) is 4.40. The molecule has 3 heteroatoms. The maximum absolute atomic E-state index is 8.78. The Hall–Kier alpha value is -0.930. The van der Waals surface area contributed by atoms with Gasteiger partial charge in [-0.2, -0.15) is 0 Å². The summed E-state index contributed by atoms with van der Waals surface area (Å²) >= 11 is 0. The van der Waals surface area contributed by atoms with Crippen LogP contribution in [0.15, 0.2) is 24.5 Å². The summed E-state index contributed by atoms with van der Waals surface area (Å²) in [7, 11) is 0. The van der Waals surface area contributed by atoms with Gasteiger partial charge in [0.05, 0.1) is 0 Å². The quantitative estimate of drug-likeness (QED) is 0.748. The Morgan fingerprint density at radius 1 is 1.33 bits per heavy atom. The molecule has 0 amide bonds. The van der Waals surface area contributed by atoms with Gasteiger partial charge < -0.3 is 10.4 Å². The van der Waals surface area contributed by atoms with Crippen LogP contribution in [-0.2, 0) is 0 Å². The first-order chi connectivity index (χ1) is 7.24. The first-order valence-electron chi connectivity index (χ1n) is 5.48. The smallest absolute Gasteiger partial charge is 0.0434 e. The molecule has 15 heavy (non-hydrogen) atoms. The van der Waals surface area contributed by atoms with E-state index >= 15 is 0 Å². The van der Waals surface area contributed by atoms with E-state index in [2.05, 4.69) is 24.1 Å². The first kappa shape index (κ1) is 12.1. The maximum Gasteiger partial charge on any atom is 0.0434 e. The maximum atomic E-state index is 8.78. The Morgan fingerprint density at radius 3 is 2.60 bits per heavy atom. The van der Waals surface area contributed by atoms with Gasteiger partial charge in [0.2, 0.25) is 0 Å². The van der Waals surface area contributed by atoms with E-state index in [1.54, 1.807) is 0 Å². The summed E-state index contributed by atoms with van der Waals surface area (Å²) in [6.45, 7) is 5.49. The molecule has 1 aromatic rings. The van der Waals surface area contributed by atoms with E-state index in [4.69, 9.17) is 5.11 Å². The van der Waals surface area contributed by atoms with Gasteiger partial charge in [-0.15, -0.1) is 0 Å². The molecule has 0 fully saturated rings. The van der Waals surface area contributed by atoms with Gasteiger partial charge in [-0.3, -0.25) is 4.98 Å². The molecule has 0 bridgehead atoms. The fraction of sp³-hybridized carbons (Fsp3) is 0.583. The molecule has 2 atom stereocenters. The van der Waals surface area contributed by atoms with E-state index in [0.717, 1.165) is 13.0 Å². The molecular weight excluding hydrogens is 188 g/mol. The molecule has 0 aliphatic carbocycles. The Kier molecular flexibility index (Phi) is 5.29. The highest BCUT2D eigenvalue weighted by atomic mass is 16.3.